The van der Waals surface area contributed by atoms with E-state index in [4.69, 9.17) is 9.72 Å². The Hall–Kier alpha value is -5.97. The zero-order chi connectivity index (χ0) is 30.9. The van der Waals surface area contributed by atoms with Crippen molar-refractivity contribution in [3.05, 3.63) is 158 Å². The second-order valence-corrected chi connectivity index (χ2v) is 12.9. The standard InChI is InChI=1S/C43H26N2OS/c1-2-12-27(13-3-1)41-34-25-24-32-31-18-11-17-30(42(31)47-43(32)40(34)33-16-4-5-19-35(33)44-41)28-14-10-15-29(26-28)45-36-20-6-8-22-38(36)46-39-23-9-7-21-37(39)45/h1-26H. The van der Waals surface area contributed by atoms with Gasteiger partial charge in [-0.05, 0) is 53.6 Å². The van der Waals surface area contributed by atoms with Gasteiger partial charge in [0, 0.05) is 47.6 Å². The maximum Gasteiger partial charge on any atom is 0.151 e. The molecule has 3 heterocycles. The van der Waals surface area contributed by atoms with E-state index in [1.807, 2.05) is 35.6 Å². The Bertz CT molecular complexity index is 2630. The number of benzene rings is 7. The smallest absolute Gasteiger partial charge is 0.151 e. The number of hydrogen-bond donors (Lipinski definition) is 0. The molecule has 1 aliphatic heterocycles. The Morgan fingerprint density at radius 1 is 0.489 bits per heavy atom. The Morgan fingerprint density at radius 2 is 1.13 bits per heavy atom. The third kappa shape index (κ3) is 4.02. The zero-order valence-electron chi connectivity index (χ0n) is 25.2. The molecule has 220 valence electrons. The lowest BCUT2D eigenvalue weighted by atomic mass is 9.97. The van der Waals surface area contributed by atoms with E-state index in [9.17, 15) is 0 Å². The highest BCUT2D eigenvalue weighted by atomic mass is 32.1. The van der Waals surface area contributed by atoms with E-state index in [1.54, 1.807) is 0 Å². The molecule has 0 unspecified atom stereocenters. The maximum atomic E-state index is 6.29. The summed E-state index contributed by atoms with van der Waals surface area (Å²) < 4.78 is 8.88. The van der Waals surface area contributed by atoms with Crippen LogP contribution in [0.5, 0.6) is 11.5 Å². The minimum Gasteiger partial charge on any atom is -0.453 e. The fourth-order valence-corrected chi connectivity index (χ4v) is 8.53. The van der Waals surface area contributed by atoms with Crippen LogP contribution in [0.15, 0.2) is 158 Å². The fourth-order valence-electron chi connectivity index (χ4n) is 7.13. The molecule has 0 N–H and O–H groups in total. The maximum absolute atomic E-state index is 6.29. The molecule has 0 saturated carbocycles. The second kappa shape index (κ2) is 10.3. The number of fused-ring (bicyclic) bond motifs is 9. The summed E-state index contributed by atoms with van der Waals surface area (Å²) in [5.41, 5.74) is 8.75. The van der Waals surface area contributed by atoms with Gasteiger partial charge in [-0.25, -0.2) is 4.98 Å². The van der Waals surface area contributed by atoms with Crippen molar-refractivity contribution < 1.29 is 4.74 Å². The third-order valence-electron chi connectivity index (χ3n) is 9.22. The van der Waals surface area contributed by atoms with Crippen LogP contribution in [-0.4, -0.2) is 4.98 Å². The van der Waals surface area contributed by atoms with Gasteiger partial charge in [0.1, 0.15) is 0 Å². The quantitative estimate of drug-likeness (QED) is 0.184. The topological polar surface area (TPSA) is 25.4 Å². The van der Waals surface area contributed by atoms with Crippen LogP contribution >= 0.6 is 11.3 Å². The molecule has 47 heavy (non-hydrogen) atoms. The van der Waals surface area contributed by atoms with Gasteiger partial charge in [0.25, 0.3) is 0 Å². The summed E-state index contributed by atoms with van der Waals surface area (Å²) in [6, 6.07) is 55.8. The number of hydrogen-bond acceptors (Lipinski definition) is 4. The molecule has 1 aliphatic rings. The minimum absolute atomic E-state index is 0.853. The largest absolute Gasteiger partial charge is 0.453 e. The monoisotopic (exact) mass is 618 g/mol. The number of rotatable bonds is 3. The molecule has 7 aromatic carbocycles. The molecular weight excluding hydrogens is 593 g/mol. The molecule has 0 bridgehead atoms. The van der Waals surface area contributed by atoms with E-state index in [1.165, 1.54) is 47.5 Å². The SMILES string of the molecule is c1ccc(-c2nc3ccccc3c3c2ccc2c4cccc(-c5cccc(N6c7ccccc7Oc7ccccc76)c5)c4sc23)cc1. The molecule has 0 saturated heterocycles. The van der Waals surface area contributed by atoms with Crippen molar-refractivity contribution >= 4 is 70.2 Å². The summed E-state index contributed by atoms with van der Waals surface area (Å²) in [6.07, 6.45) is 0. The fraction of sp³-hybridized carbons (Fsp3) is 0. The number of pyridine rings is 1. The predicted molar refractivity (Wildman–Crippen MR) is 198 cm³/mol. The Balaban J connectivity index is 1.21. The van der Waals surface area contributed by atoms with Gasteiger partial charge < -0.3 is 9.64 Å². The van der Waals surface area contributed by atoms with E-state index in [0.29, 0.717) is 0 Å². The highest BCUT2D eigenvalue weighted by molar-refractivity contribution is 7.27. The van der Waals surface area contributed by atoms with Crippen molar-refractivity contribution in [1.82, 2.24) is 4.98 Å². The molecule has 0 amide bonds. The average molecular weight is 619 g/mol. The van der Waals surface area contributed by atoms with Crippen molar-refractivity contribution in [2.75, 3.05) is 4.90 Å². The van der Waals surface area contributed by atoms with Gasteiger partial charge in [0.05, 0.1) is 22.6 Å². The Labute approximate surface area is 275 Å². The van der Waals surface area contributed by atoms with Crippen molar-refractivity contribution in [2.45, 2.75) is 0 Å². The van der Waals surface area contributed by atoms with Crippen molar-refractivity contribution in [3.63, 3.8) is 0 Å². The first-order valence-corrected chi connectivity index (χ1v) is 16.6. The Morgan fingerprint density at radius 3 is 1.96 bits per heavy atom. The lowest BCUT2D eigenvalue weighted by Gasteiger charge is -2.33. The highest BCUT2D eigenvalue weighted by Gasteiger charge is 2.26. The molecule has 0 radical (unpaired) electrons. The van der Waals surface area contributed by atoms with Crippen molar-refractivity contribution in [2.24, 2.45) is 0 Å². The van der Waals surface area contributed by atoms with Crippen LogP contribution < -0.4 is 9.64 Å². The highest BCUT2D eigenvalue weighted by Crippen LogP contribution is 2.51. The second-order valence-electron chi connectivity index (χ2n) is 11.9. The van der Waals surface area contributed by atoms with Crippen molar-refractivity contribution in [3.8, 4) is 33.9 Å². The van der Waals surface area contributed by atoms with Gasteiger partial charge in [-0.1, -0.05) is 115 Å². The first-order valence-electron chi connectivity index (χ1n) is 15.8. The van der Waals surface area contributed by atoms with Gasteiger partial charge in [-0.2, -0.15) is 0 Å². The van der Waals surface area contributed by atoms with E-state index in [2.05, 4.69) is 138 Å². The normalized spacial score (nSPS) is 12.4. The molecule has 0 spiro atoms. The van der Waals surface area contributed by atoms with E-state index in [-0.39, 0.29) is 0 Å². The van der Waals surface area contributed by atoms with Gasteiger partial charge in [0.2, 0.25) is 0 Å². The van der Waals surface area contributed by atoms with Gasteiger partial charge >= 0.3 is 0 Å². The molecule has 0 fully saturated rings. The van der Waals surface area contributed by atoms with Crippen LogP contribution in [0.2, 0.25) is 0 Å². The third-order valence-corrected chi connectivity index (χ3v) is 10.5. The number of anilines is 3. The molecule has 0 atom stereocenters. The lowest BCUT2D eigenvalue weighted by molar-refractivity contribution is 0.477. The number of aromatic nitrogens is 1. The first kappa shape index (κ1) is 26.3. The van der Waals surface area contributed by atoms with Crippen LogP contribution in [-0.2, 0) is 0 Å². The number of ether oxygens (including phenoxy) is 1. The molecule has 10 rings (SSSR count). The summed E-state index contributed by atoms with van der Waals surface area (Å²) in [6.45, 7) is 0. The number of thiophene rings is 1. The van der Waals surface area contributed by atoms with Crippen LogP contribution in [0, 0.1) is 0 Å². The van der Waals surface area contributed by atoms with Crippen molar-refractivity contribution in [1.29, 1.82) is 0 Å². The summed E-state index contributed by atoms with van der Waals surface area (Å²) >= 11 is 1.89. The summed E-state index contributed by atoms with van der Waals surface area (Å²) in [5, 5.41) is 6.20. The molecule has 9 aromatic rings. The summed E-state index contributed by atoms with van der Waals surface area (Å²) in [4.78, 5) is 7.48. The molecular formula is C43H26N2OS. The molecule has 4 heteroatoms. The Kier molecular flexibility index (Phi) is 5.74. The summed E-state index contributed by atoms with van der Waals surface area (Å²) in [7, 11) is 0. The number of para-hydroxylation sites is 5. The average Bonchev–Trinajstić information content (AvgIpc) is 3.53. The van der Waals surface area contributed by atoms with E-state index in [0.717, 1.165) is 45.3 Å². The molecule has 3 nitrogen and oxygen atoms in total. The predicted octanol–water partition coefficient (Wildman–Crippen LogP) is 12.7. The van der Waals surface area contributed by atoms with Gasteiger partial charge in [0.15, 0.2) is 11.5 Å². The van der Waals surface area contributed by atoms with E-state index >= 15 is 0 Å². The van der Waals surface area contributed by atoms with Crippen LogP contribution in [0.4, 0.5) is 17.1 Å². The number of nitrogens with zero attached hydrogens (tertiary/aromatic N) is 2. The summed E-state index contributed by atoms with van der Waals surface area (Å²) in [5.74, 6) is 1.71. The van der Waals surface area contributed by atoms with Crippen LogP contribution in [0.3, 0.4) is 0 Å². The van der Waals surface area contributed by atoms with E-state index < -0.39 is 0 Å². The lowest BCUT2D eigenvalue weighted by Crippen LogP contribution is -2.15. The molecule has 2 aromatic heterocycles. The van der Waals surface area contributed by atoms with Gasteiger partial charge in [-0.15, -0.1) is 11.3 Å². The van der Waals surface area contributed by atoms with Gasteiger partial charge in [-0.3, -0.25) is 0 Å². The van der Waals surface area contributed by atoms with Crippen LogP contribution in [0.1, 0.15) is 0 Å². The zero-order valence-corrected chi connectivity index (χ0v) is 26.0. The first-order chi connectivity index (χ1) is 23.3. The molecule has 0 aliphatic carbocycles. The minimum atomic E-state index is 0.853. The van der Waals surface area contributed by atoms with Crippen LogP contribution in [0.25, 0.3) is 64.2 Å².